The number of rotatable bonds is 5. The van der Waals surface area contributed by atoms with E-state index in [0.29, 0.717) is 5.69 Å². The predicted octanol–water partition coefficient (Wildman–Crippen LogP) is 1.08. The highest BCUT2D eigenvalue weighted by atomic mass is 16.5. The fraction of sp³-hybridized carbons (Fsp3) is 0.462. The van der Waals surface area contributed by atoms with Gasteiger partial charge in [-0.3, -0.25) is 4.79 Å². The first-order chi connectivity index (χ1) is 8.49. The molecule has 0 fully saturated rings. The molecule has 0 heterocycles. The summed E-state index contributed by atoms with van der Waals surface area (Å²) in [5.74, 6) is 0.552. The van der Waals surface area contributed by atoms with E-state index in [-0.39, 0.29) is 12.5 Å². The number of benzene rings is 1. The third-order valence-electron chi connectivity index (χ3n) is 2.65. The van der Waals surface area contributed by atoms with Crippen molar-refractivity contribution in [1.29, 1.82) is 0 Å². The zero-order chi connectivity index (χ0) is 13.7. The molecule has 1 aromatic rings. The maximum Gasteiger partial charge on any atom is 0.254 e. The largest absolute Gasteiger partial charge is 0.496 e. The second-order valence-corrected chi connectivity index (χ2v) is 4.35. The van der Waals surface area contributed by atoms with Gasteiger partial charge in [-0.1, -0.05) is 13.8 Å². The van der Waals surface area contributed by atoms with Crippen molar-refractivity contribution in [1.82, 2.24) is 0 Å². The zero-order valence-corrected chi connectivity index (χ0v) is 10.9. The van der Waals surface area contributed by atoms with Gasteiger partial charge in [-0.2, -0.15) is 0 Å². The van der Waals surface area contributed by atoms with E-state index in [2.05, 4.69) is 5.32 Å². The lowest BCUT2D eigenvalue weighted by atomic mass is 10.0. The number of carbonyl (C=O) groups excluding carboxylic acids is 1. The van der Waals surface area contributed by atoms with E-state index in [4.69, 9.17) is 10.5 Å². The van der Waals surface area contributed by atoms with Crippen molar-refractivity contribution < 1.29 is 14.6 Å². The Morgan fingerprint density at radius 2 is 2.17 bits per heavy atom. The van der Waals surface area contributed by atoms with Gasteiger partial charge in [0.1, 0.15) is 11.9 Å². The van der Waals surface area contributed by atoms with E-state index >= 15 is 0 Å². The van der Waals surface area contributed by atoms with Crippen LogP contribution >= 0.6 is 0 Å². The van der Waals surface area contributed by atoms with Crippen LogP contribution in [0.15, 0.2) is 18.2 Å². The van der Waals surface area contributed by atoms with Crippen LogP contribution in [0.4, 0.5) is 5.69 Å². The first-order valence-corrected chi connectivity index (χ1v) is 5.86. The number of aliphatic hydroxyl groups is 1. The molecule has 4 N–H and O–H groups in total. The average molecular weight is 252 g/mol. The van der Waals surface area contributed by atoms with Gasteiger partial charge in [0, 0.05) is 12.2 Å². The Balaban J connectivity index is 2.91. The molecule has 5 heteroatoms. The molecule has 0 aliphatic heterocycles. The van der Waals surface area contributed by atoms with Gasteiger partial charge in [-0.15, -0.1) is 0 Å². The van der Waals surface area contributed by atoms with Crippen LogP contribution in [0, 0.1) is 0 Å². The standard InChI is InChI=1S/C13H20N2O3/c1-8(2)10-6-9(4-5-12(10)18-3)15-13(17)11(16)7-14/h4-6,8,11,16H,7,14H2,1-3H3,(H,15,17). The summed E-state index contributed by atoms with van der Waals surface area (Å²) in [5.41, 5.74) is 6.84. The van der Waals surface area contributed by atoms with Gasteiger partial charge in [0.05, 0.1) is 7.11 Å². The van der Waals surface area contributed by atoms with E-state index in [9.17, 15) is 9.90 Å². The molecule has 1 atom stereocenters. The molecule has 1 aromatic carbocycles. The number of ether oxygens (including phenoxy) is 1. The minimum atomic E-state index is -1.19. The Hall–Kier alpha value is -1.59. The van der Waals surface area contributed by atoms with Crippen molar-refractivity contribution in [2.45, 2.75) is 25.9 Å². The fourth-order valence-corrected chi connectivity index (χ4v) is 1.60. The zero-order valence-electron chi connectivity index (χ0n) is 10.9. The molecule has 0 bridgehead atoms. The molecule has 0 saturated heterocycles. The third-order valence-corrected chi connectivity index (χ3v) is 2.65. The van der Waals surface area contributed by atoms with Gasteiger partial charge >= 0.3 is 0 Å². The predicted molar refractivity (Wildman–Crippen MR) is 70.8 cm³/mol. The summed E-state index contributed by atoms with van der Waals surface area (Å²) < 4.78 is 5.25. The lowest BCUT2D eigenvalue weighted by Gasteiger charge is -2.15. The molecule has 1 amide bonds. The van der Waals surface area contributed by atoms with Crippen LogP contribution in [0.3, 0.4) is 0 Å². The first-order valence-electron chi connectivity index (χ1n) is 5.86. The van der Waals surface area contributed by atoms with E-state index in [1.165, 1.54) is 0 Å². The van der Waals surface area contributed by atoms with Crippen molar-refractivity contribution in [2.75, 3.05) is 19.0 Å². The minimum absolute atomic E-state index is 0.0982. The van der Waals surface area contributed by atoms with Crippen molar-refractivity contribution in [3.63, 3.8) is 0 Å². The summed E-state index contributed by atoms with van der Waals surface area (Å²) in [5, 5.41) is 11.9. The quantitative estimate of drug-likeness (QED) is 0.732. The van der Waals surface area contributed by atoms with Crippen molar-refractivity contribution in [3.8, 4) is 5.75 Å². The molecule has 1 rings (SSSR count). The highest BCUT2D eigenvalue weighted by Crippen LogP contribution is 2.29. The van der Waals surface area contributed by atoms with Crippen LogP contribution in [0.1, 0.15) is 25.3 Å². The lowest BCUT2D eigenvalue weighted by Crippen LogP contribution is -2.34. The average Bonchev–Trinajstić information content (AvgIpc) is 2.37. The first kappa shape index (κ1) is 14.5. The number of nitrogens with one attached hydrogen (secondary N) is 1. The summed E-state index contributed by atoms with van der Waals surface area (Å²) >= 11 is 0. The van der Waals surface area contributed by atoms with Crippen LogP contribution in [0.2, 0.25) is 0 Å². The second-order valence-electron chi connectivity index (χ2n) is 4.35. The van der Waals surface area contributed by atoms with Crippen LogP contribution < -0.4 is 15.8 Å². The molecule has 0 aliphatic rings. The number of aliphatic hydroxyl groups excluding tert-OH is 1. The normalized spacial score (nSPS) is 12.3. The Morgan fingerprint density at radius 3 is 2.67 bits per heavy atom. The molecular weight excluding hydrogens is 232 g/mol. The van der Waals surface area contributed by atoms with Gasteiger partial charge in [0.2, 0.25) is 0 Å². The topological polar surface area (TPSA) is 84.6 Å². The number of anilines is 1. The number of amides is 1. The number of hydrogen-bond donors (Lipinski definition) is 3. The third kappa shape index (κ3) is 3.45. The summed E-state index contributed by atoms with van der Waals surface area (Å²) in [6.45, 7) is 3.98. The van der Waals surface area contributed by atoms with E-state index in [1.807, 2.05) is 19.9 Å². The Morgan fingerprint density at radius 1 is 1.50 bits per heavy atom. The van der Waals surface area contributed by atoms with Crippen LogP contribution in [-0.2, 0) is 4.79 Å². The molecule has 18 heavy (non-hydrogen) atoms. The van der Waals surface area contributed by atoms with Crippen LogP contribution in [0.25, 0.3) is 0 Å². The van der Waals surface area contributed by atoms with Crippen LogP contribution in [-0.4, -0.2) is 30.8 Å². The van der Waals surface area contributed by atoms with Gasteiger partial charge in [0.25, 0.3) is 5.91 Å². The molecule has 100 valence electrons. The molecule has 0 spiro atoms. The summed E-state index contributed by atoms with van der Waals surface area (Å²) in [7, 11) is 1.61. The van der Waals surface area contributed by atoms with Crippen LogP contribution in [0.5, 0.6) is 5.75 Å². The SMILES string of the molecule is COc1ccc(NC(=O)C(O)CN)cc1C(C)C. The summed E-state index contributed by atoms with van der Waals surface area (Å²) in [6, 6.07) is 5.36. The molecule has 1 unspecified atom stereocenters. The number of hydrogen-bond acceptors (Lipinski definition) is 4. The Bertz CT molecular complexity index is 419. The highest BCUT2D eigenvalue weighted by molar-refractivity contribution is 5.94. The maximum absolute atomic E-state index is 11.5. The van der Waals surface area contributed by atoms with Crippen molar-refractivity contribution in [3.05, 3.63) is 23.8 Å². The van der Waals surface area contributed by atoms with Crippen molar-refractivity contribution in [2.24, 2.45) is 5.73 Å². The molecular formula is C13H20N2O3. The molecule has 0 radical (unpaired) electrons. The van der Waals surface area contributed by atoms with Gasteiger partial charge < -0.3 is 20.9 Å². The number of methoxy groups -OCH3 is 1. The lowest BCUT2D eigenvalue weighted by molar-refractivity contribution is -0.123. The smallest absolute Gasteiger partial charge is 0.254 e. The summed E-state index contributed by atoms with van der Waals surface area (Å²) in [6.07, 6.45) is -1.19. The van der Waals surface area contributed by atoms with Gasteiger partial charge in [-0.05, 0) is 29.7 Å². The number of carbonyl (C=O) groups is 1. The molecule has 5 nitrogen and oxygen atoms in total. The highest BCUT2D eigenvalue weighted by Gasteiger charge is 2.14. The molecule has 0 saturated carbocycles. The van der Waals surface area contributed by atoms with E-state index < -0.39 is 12.0 Å². The summed E-state index contributed by atoms with van der Waals surface area (Å²) in [4.78, 5) is 11.5. The van der Waals surface area contributed by atoms with E-state index in [0.717, 1.165) is 11.3 Å². The maximum atomic E-state index is 11.5. The monoisotopic (exact) mass is 252 g/mol. The van der Waals surface area contributed by atoms with E-state index in [1.54, 1.807) is 19.2 Å². The molecule has 0 aliphatic carbocycles. The van der Waals surface area contributed by atoms with Gasteiger partial charge in [-0.25, -0.2) is 0 Å². The molecule has 0 aromatic heterocycles. The van der Waals surface area contributed by atoms with Gasteiger partial charge in [0.15, 0.2) is 0 Å². The fourth-order valence-electron chi connectivity index (χ4n) is 1.60. The number of nitrogens with two attached hydrogens (primary N) is 1. The minimum Gasteiger partial charge on any atom is -0.496 e. The Kier molecular flexibility index (Phi) is 5.12. The Labute approximate surface area is 107 Å². The second kappa shape index (κ2) is 6.37. The van der Waals surface area contributed by atoms with Crippen molar-refractivity contribution >= 4 is 11.6 Å².